The van der Waals surface area contributed by atoms with Gasteiger partial charge >= 0.3 is 0 Å². The fourth-order valence-corrected chi connectivity index (χ4v) is 5.20. The Bertz CT molecular complexity index is 1560. The van der Waals surface area contributed by atoms with Gasteiger partial charge in [-0.3, -0.25) is 19.4 Å². The third-order valence-electron chi connectivity index (χ3n) is 6.57. The average molecular weight is 551 g/mol. The first kappa shape index (κ1) is 23.1. The summed E-state index contributed by atoms with van der Waals surface area (Å²) in [5.74, 6) is -0.901. The van der Waals surface area contributed by atoms with Crippen LogP contribution in [0.1, 0.15) is 17.2 Å². The minimum atomic E-state index is -0.526. The second-order valence-electron chi connectivity index (χ2n) is 8.81. The molecular formula is C31H20BrFN2O2. The summed E-state index contributed by atoms with van der Waals surface area (Å²) < 4.78 is 14.5. The fourth-order valence-electron chi connectivity index (χ4n) is 4.94. The van der Waals surface area contributed by atoms with Gasteiger partial charge < -0.3 is 0 Å². The van der Waals surface area contributed by atoms with Crippen molar-refractivity contribution in [2.45, 2.75) is 6.04 Å². The molecule has 4 aromatic rings. The number of rotatable bonds is 4. The molecule has 6 heteroatoms. The first-order chi connectivity index (χ1) is 18.0. The van der Waals surface area contributed by atoms with E-state index in [0.29, 0.717) is 28.1 Å². The van der Waals surface area contributed by atoms with Crippen LogP contribution in [0.15, 0.2) is 131 Å². The molecule has 2 aliphatic rings. The topological polar surface area (TPSA) is 40.6 Å². The number of nitrogens with zero attached hydrogens (tertiary/aromatic N) is 2. The Kier molecular flexibility index (Phi) is 5.81. The van der Waals surface area contributed by atoms with E-state index in [1.165, 1.54) is 17.0 Å². The Hall–Kier alpha value is -4.29. The third-order valence-corrected chi connectivity index (χ3v) is 7.10. The van der Waals surface area contributed by atoms with Gasteiger partial charge in [-0.2, -0.15) is 0 Å². The number of amides is 2. The summed E-state index contributed by atoms with van der Waals surface area (Å²) in [4.78, 5) is 31.4. The molecule has 6 rings (SSSR count). The van der Waals surface area contributed by atoms with Crippen molar-refractivity contribution >= 4 is 45.2 Å². The zero-order valence-electron chi connectivity index (χ0n) is 19.5. The first-order valence-electron chi connectivity index (χ1n) is 11.8. The molecule has 2 heterocycles. The van der Waals surface area contributed by atoms with E-state index < -0.39 is 6.04 Å². The number of carbonyl (C=O) groups excluding carboxylic acids is 2. The molecular weight excluding hydrogens is 531 g/mol. The SMILES string of the molecule is O=C1/C(=C/c2ccc(F)cc2)C2=C(C(=O)N(c3ccccc3)[C@H]2c2ccc(Br)cc2)N1c1ccccc1. The van der Waals surface area contributed by atoms with E-state index in [-0.39, 0.29) is 17.6 Å². The zero-order chi connectivity index (χ0) is 25.5. The highest BCUT2D eigenvalue weighted by Gasteiger charge is 2.52. The smallest absolute Gasteiger partial charge is 0.276 e. The Morgan fingerprint density at radius 3 is 1.92 bits per heavy atom. The highest BCUT2D eigenvalue weighted by atomic mass is 79.9. The van der Waals surface area contributed by atoms with Gasteiger partial charge in [0.15, 0.2) is 0 Å². The minimum absolute atomic E-state index is 0.256. The van der Waals surface area contributed by atoms with Crippen LogP contribution in [-0.2, 0) is 9.59 Å². The summed E-state index contributed by atoms with van der Waals surface area (Å²) in [5, 5.41) is 0. The van der Waals surface area contributed by atoms with Gasteiger partial charge in [-0.05, 0) is 65.7 Å². The second-order valence-corrected chi connectivity index (χ2v) is 9.73. The molecule has 0 saturated heterocycles. The third kappa shape index (κ3) is 3.99. The molecule has 0 unspecified atom stereocenters. The van der Waals surface area contributed by atoms with Gasteiger partial charge in [0.2, 0.25) is 0 Å². The normalized spacial score (nSPS) is 18.2. The summed E-state index contributed by atoms with van der Waals surface area (Å²) in [6.07, 6.45) is 1.74. The lowest BCUT2D eigenvalue weighted by atomic mass is 9.93. The molecule has 0 fully saturated rings. The molecule has 4 nitrogen and oxygen atoms in total. The summed E-state index contributed by atoms with van der Waals surface area (Å²) in [6, 6.07) is 31.9. The van der Waals surface area contributed by atoms with E-state index in [1.807, 2.05) is 84.9 Å². The van der Waals surface area contributed by atoms with Gasteiger partial charge in [-0.15, -0.1) is 0 Å². The largest absolute Gasteiger partial charge is 0.295 e. The maximum absolute atomic E-state index is 14.2. The van der Waals surface area contributed by atoms with E-state index in [4.69, 9.17) is 0 Å². The van der Waals surface area contributed by atoms with Gasteiger partial charge in [0, 0.05) is 27.0 Å². The number of hydrogen-bond donors (Lipinski definition) is 0. The summed E-state index contributed by atoms with van der Waals surface area (Å²) in [7, 11) is 0. The van der Waals surface area contributed by atoms with Crippen LogP contribution >= 0.6 is 15.9 Å². The van der Waals surface area contributed by atoms with Crippen LogP contribution in [0.2, 0.25) is 0 Å². The molecule has 2 aliphatic heterocycles. The van der Waals surface area contributed by atoms with Crippen LogP contribution in [0.5, 0.6) is 0 Å². The average Bonchev–Trinajstić information content (AvgIpc) is 3.37. The van der Waals surface area contributed by atoms with Crippen LogP contribution in [-0.4, -0.2) is 11.8 Å². The van der Waals surface area contributed by atoms with Crippen LogP contribution in [0.4, 0.5) is 15.8 Å². The van der Waals surface area contributed by atoms with Crippen molar-refractivity contribution in [3.05, 3.63) is 147 Å². The Balaban J connectivity index is 1.61. The predicted octanol–water partition coefficient (Wildman–Crippen LogP) is 7.06. The fraction of sp³-hybridized carbons (Fsp3) is 0.0323. The zero-order valence-corrected chi connectivity index (χ0v) is 21.1. The van der Waals surface area contributed by atoms with Crippen molar-refractivity contribution in [3.63, 3.8) is 0 Å². The van der Waals surface area contributed by atoms with Gasteiger partial charge in [0.05, 0.1) is 6.04 Å². The van der Waals surface area contributed by atoms with Crippen molar-refractivity contribution in [1.82, 2.24) is 0 Å². The van der Waals surface area contributed by atoms with E-state index in [1.54, 1.807) is 23.1 Å². The molecule has 2 amide bonds. The van der Waals surface area contributed by atoms with Crippen LogP contribution < -0.4 is 9.80 Å². The molecule has 1 atom stereocenters. The number of carbonyl (C=O) groups is 2. The van der Waals surface area contributed by atoms with Crippen molar-refractivity contribution in [2.24, 2.45) is 0 Å². The van der Waals surface area contributed by atoms with Crippen molar-refractivity contribution < 1.29 is 14.0 Å². The van der Waals surface area contributed by atoms with E-state index in [2.05, 4.69) is 15.9 Å². The van der Waals surface area contributed by atoms with E-state index in [0.717, 1.165) is 15.7 Å². The van der Waals surface area contributed by atoms with Gasteiger partial charge in [-0.25, -0.2) is 4.39 Å². The number of benzene rings is 4. The molecule has 0 N–H and O–H groups in total. The molecule has 0 saturated carbocycles. The number of anilines is 2. The first-order valence-corrected chi connectivity index (χ1v) is 12.6. The summed E-state index contributed by atoms with van der Waals surface area (Å²) in [6.45, 7) is 0. The molecule has 0 aromatic heterocycles. The number of halogens is 2. The summed E-state index contributed by atoms with van der Waals surface area (Å²) in [5.41, 5.74) is 4.27. The monoisotopic (exact) mass is 550 g/mol. The molecule has 0 radical (unpaired) electrons. The van der Waals surface area contributed by atoms with Crippen LogP contribution in [0.25, 0.3) is 6.08 Å². The van der Waals surface area contributed by atoms with Crippen LogP contribution in [0, 0.1) is 5.82 Å². The molecule has 4 aromatic carbocycles. The summed E-state index contributed by atoms with van der Waals surface area (Å²) >= 11 is 3.50. The van der Waals surface area contributed by atoms with Gasteiger partial charge in [-0.1, -0.05) is 76.6 Å². The standard InChI is InChI=1S/C31H20BrFN2O2/c32-22-15-13-21(14-16-22)28-27-26(19-20-11-17-23(33)18-12-20)30(36)35(25-9-5-2-6-10-25)29(27)31(37)34(28)24-7-3-1-4-8-24/h1-19,28H/b26-19+/t28-/m0/s1. The molecule has 37 heavy (non-hydrogen) atoms. The maximum atomic E-state index is 14.2. The predicted molar refractivity (Wildman–Crippen MR) is 146 cm³/mol. The molecule has 0 spiro atoms. The second kappa shape index (κ2) is 9.30. The van der Waals surface area contributed by atoms with E-state index in [9.17, 15) is 14.0 Å². The number of hydrogen-bond acceptors (Lipinski definition) is 2. The lowest BCUT2D eigenvalue weighted by Gasteiger charge is -2.30. The van der Waals surface area contributed by atoms with Crippen molar-refractivity contribution in [2.75, 3.05) is 9.80 Å². The van der Waals surface area contributed by atoms with Gasteiger partial charge in [0.25, 0.3) is 11.8 Å². The number of para-hydroxylation sites is 2. The highest BCUT2D eigenvalue weighted by Crippen LogP contribution is 2.50. The minimum Gasteiger partial charge on any atom is -0.295 e. The lowest BCUT2D eigenvalue weighted by Crippen LogP contribution is -2.38. The quantitative estimate of drug-likeness (QED) is 0.255. The Morgan fingerprint density at radius 1 is 0.703 bits per heavy atom. The Labute approximate surface area is 222 Å². The lowest BCUT2D eigenvalue weighted by molar-refractivity contribution is -0.118. The van der Waals surface area contributed by atoms with Crippen molar-refractivity contribution in [1.29, 1.82) is 0 Å². The highest BCUT2D eigenvalue weighted by molar-refractivity contribution is 9.10. The van der Waals surface area contributed by atoms with Gasteiger partial charge in [0.1, 0.15) is 11.5 Å². The van der Waals surface area contributed by atoms with Crippen LogP contribution in [0.3, 0.4) is 0 Å². The molecule has 0 bridgehead atoms. The van der Waals surface area contributed by atoms with E-state index >= 15 is 0 Å². The Morgan fingerprint density at radius 2 is 1.30 bits per heavy atom. The van der Waals surface area contributed by atoms with Crippen molar-refractivity contribution in [3.8, 4) is 0 Å². The molecule has 180 valence electrons. The molecule has 0 aliphatic carbocycles. The maximum Gasteiger partial charge on any atom is 0.276 e.